The lowest BCUT2D eigenvalue weighted by Crippen LogP contribution is -2.40. The summed E-state index contributed by atoms with van der Waals surface area (Å²) in [5.41, 5.74) is 2.06. The largest absolute Gasteiger partial charge is 0.374 e. The second-order valence-corrected chi connectivity index (χ2v) is 5.83. The van der Waals surface area contributed by atoms with Gasteiger partial charge in [-0.2, -0.15) is 0 Å². The molecule has 1 aromatic rings. The zero-order valence-corrected chi connectivity index (χ0v) is 13.7. The molecule has 0 bridgehead atoms. The Kier molecular flexibility index (Phi) is 5.57. The molecule has 3 N–H and O–H groups in total. The molecule has 1 aromatic carbocycles. The summed E-state index contributed by atoms with van der Waals surface area (Å²) in [6.07, 6.45) is 4.17. The summed E-state index contributed by atoms with van der Waals surface area (Å²) < 4.78 is 0. The molecule has 2 rings (SSSR count). The molecule has 0 fully saturated rings. The van der Waals surface area contributed by atoms with Gasteiger partial charge in [0.15, 0.2) is 0 Å². The molecule has 122 valence electrons. The topological polar surface area (TPSA) is 70.2 Å². The summed E-state index contributed by atoms with van der Waals surface area (Å²) in [6.45, 7) is 3.81. The van der Waals surface area contributed by atoms with Gasteiger partial charge < -0.3 is 16.0 Å². The van der Waals surface area contributed by atoms with Crippen LogP contribution in [0.2, 0.25) is 0 Å². The highest BCUT2D eigenvalue weighted by atomic mass is 16.2. The minimum absolute atomic E-state index is 0.0442. The van der Waals surface area contributed by atoms with Crippen LogP contribution < -0.4 is 16.0 Å². The van der Waals surface area contributed by atoms with E-state index in [2.05, 4.69) is 16.0 Å². The molecule has 5 nitrogen and oxygen atoms in total. The van der Waals surface area contributed by atoms with Gasteiger partial charge in [-0.15, -0.1) is 0 Å². The van der Waals surface area contributed by atoms with Crippen molar-refractivity contribution in [2.45, 2.75) is 32.4 Å². The Bertz CT molecular complexity index is 633. The quantitative estimate of drug-likeness (QED) is 0.767. The predicted octanol–water partition coefficient (Wildman–Crippen LogP) is 1.28. The Morgan fingerprint density at radius 2 is 1.87 bits per heavy atom. The lowest BCUT2D eigenvalue weighted by Gasteiger charge is -2.24. The number of carbonyl (C=O) groups is 2. The van der Waals surface area contributed by atoms with Crippen LogP contribution in [0.4, 0.5) is 0 Å². The number of dihydropyridines is 1. The van der Waals surface area contributed by atoms with E-state index in [4.69, 9.17) is 0 Å². The summed E-state index contributed by atoms with van der Waals surface area (Å²) in [6, 6.07) is 9.91. The summed E-state index contributed by atoms with van der Waals surface area (Å²) >= 11 is 0. The van der Waals surface area contributed by atoms with Gasteiger partial charge in [0.1, 0.15) is 5.70 Å². The summed E-state index contributed by atoms with van der Waals surface area (Å²) in [7, 11) is 1.57. The third kappa shape index (κ3) is 4.71. The van der Waals surface area contributed by atoms with Crippen molar-refractivity contribution < 1.29 is 9.59 Å². The van der Waals surface area contributed by atoms with E-state index in [9.17, 15) is 9.59 Å². The van der Waals surface area contributed by atoms with E-state index in [1.807, 2.05) is 50.3 Å². The van der Waals surface area contributed by atoms with Crippen LogP contribution >= 0.6 is 0 Å². The SMILES string of the molecule is CNC(=O)C1=CC(C(=O)NC(C)C)=CC(Cc2ccccc2)N1. The second-order valence-electron chi connectivity index (χ2n) is 5.83. The summed E-state index contributed by atoms with van der Waals surface area (Å²) in [5, 5.41) is 8.64. The Morgan fingerprint density at radius 3 is 2.48 bits per heavy atom. The van der Waals surface area contributed by atoms with E-state index in [0.29, 0.717) is 17.7 Å². The molecule has 1 heterocycles. The van der Waals surface area contributed by atoms with E-state index in [-0.39, 0.29) is 23.9 Å². The Hall–Kier alpha value is -2.56. The smallest absolute Gasteiger partial charge is 0.267 e. The van der Waals surface area contributed by atoms with Crippen LogP contribution in [0.25, 0.3) is 0 Å². The number of nitrogens with one attached hydrogen (secondary N) is 3. The van der Waals surface area contributed by atoms with Crippen LogP contribution in [0.3, 0.4) is 0 Å². The van der Waals surface area contributed by atoms with Crippen molar-refractivity contribution in [1.82, 2.24) is 16.0 Å². The lowest BCUT2D eigenvalue weighted by molar-refractivity contribution is -0.117. The molecule has 5 heteroatoms. The standard InChI is InChI=1S/C18H23N3O2/c1-12(2)20-17(22)14-10-15(9-13-7-5-4-6-8-13)21-16(11-14)18(23)19-3/h4-8,10-12,15,21H,9H2,1-3H3,(H,19,23)(H,20,22). The zero-order chi connectivity index (χ0) is 16.8. The molecular formula is C18H23N3O2. The molecule has 1 atom stereocenters. The van der Waals surface area contributed by atoms with Crippen LogP contribution in [0.15, 0.2) is 53.8 Å². The number of likely N-dealkylation sites (N-methyl/N-ethyl adjacent to an activating group) is 1. The van der Waals surface area contributed by atoms with Gasteiger partial charge in [0.05, 0.1) is 0 Å². The van der Waals surface area contributed by atoms with Crippen LogP contribution in [0, 0.1) is 0 Å². The van der Waals surface area contributed by atoms with Gasteiger partial charge >= 0.3 is 0 Å². The minimum Gasteiger partial charge on any atom is -0.374 e. The maximum absolute atomic E-state index is 12.3. The number of carbonyl (C=O) groups excluding carboxylic acids is 2. The molecule has 0 radical (unpaired) electrons. The third-order valence-electron chi connectivity index (χ3n) is 3.47. The average molecular weight is 313 g/mol. The fourth-order valence-electron chi connectivity index (χ4n) is 2.43. The predicted molar refractivity (Wildman–Crippen MR) is 90.6 cm³/mol. The number of hydrogen-bond donors (Lipinski definition) is 3. The van der Waals surface area contributed by atoms with Crippen molar-refractivity contribution in [2.75, 3.05) is 7.05 Å². The molecule has 1 aliphatic heterocycles. The first kappa shape index (κ1) is 16.8. The Labute approximate surface area is 136 Å². The molecule has 0 aromatic heterocycles. The van der Waals surface area contributed by atoms with Gasteiger partial charge in [-0.1, -0.05) is 30.3 Å². The van der Waals surface area contributed by atoms with Gasteiger partial charge in [-0.25, -0.2) is 0 Å². The normalized spacial score (nSPS) is 17.0. The maximum Gasteiger partial charge on any atom is 0.267 e. The monoisotopic (exact) mass is 313 g/mol. The highest BCUT2D eigenvalue weighted by Crippen LogP contribution is 2.15. The van der Waals surface area contributed by atoms with Crippen LogP contribution in [-0.2, 0) is 16.0 Å². The number of hydrogen-bond acceptors (Lipinski definition) is 3. The molecule has 0 saturated heterocycles. The van der Waals surface area contributed by atoms with Crippen LogP contribution in [-0.4, -0.2) is 30.9 Å². The van der Waals surface area contributed by atoms with E-state index < -0.39 is 0 Å². The van der Waals surface area contributed by atoms with Crippen LogP contribution in [0.1, 0.15) is 19.4 Å². The lowest BCUT2D eigenvalue weighted by atomic mass is 9.98. The van der Waals surface area contributed by atoms with Crippen molar-refractivity contribution in [3.8, 4) is 0 Å². The molecule has 1 unspecified atom stereocenters. The summed E-state index contributed by atoms with van der Waals surface area (Å²) in [5.74, 6) is -0.396. The van der Waals surface area contributed by atoms with E-state index in [1.165, 1.54) is 0 Å². The first-order chi connectivity index (χ1) is 11.0. The third-order valence-corrected chi connectivity index (χ3v) is 3.47. The van der Waals surface area contributed by atoms with Gasteiger partial charge in [0.2, 0.25) is 0 Å². The first-order valence-electron chi connectivity index (χ1n) is 7.76. The second kappa shape index (κ2) is 7.63. The molecule has 1 aliphatic rings. The van der Waals surface area contributed by atoms with Crippen LogP contribution in [0.5, 0.6) is 0 Å². The molecule has 0 aliphatic carbocycles. The number of rotatable bonds is 5. The van der Waals surface area contributed by atoms with Crippen molar-refractivity contribution in [3.05, 3.63) is 59.3 Å². The van der Waals surface area contributed by atoms with Gasteiger partial charge in [0.25, 0.3) is 11.8 Å². The van der Waals surface area contributed by atoms with E-state index in [1.54, 1.807) is 13.1 Å². The highest BCUT2D eigenvalue weighted by Gasteiger charge is 2.22. The number of benzene rings is 1. The molecular weight excluding hydrogens is 290 g/mol. The molecule has 0 spiro atoms. The average Bonchev–Trinajstić information content (AvgIpc) is 2.54. The fourth-order valence-corrected chi connectivity index (χ4v) is 2.43. The minimum atomic E-state index is -0.231. The molecule has 0 saturated carbocycles. The summed E-state index contributed by atoms with van der Waals surface area (Å²) in [4.78, 5) is 24.2. The van der Waals surface area contributed by atoms with Gasteiger partial charge in [0, 0.05) is 24.7 Å². The van der Waals surface area contributed by atoms with Crippen molar-refractivity contribution in [1.29, 1.82) is 0 Å². The molecule has 23 heavy (non-hydrogen) atoms. The first-order valence-corrected chi connectivity index (χ1v) is 7.76. The van der Waals surface area contributed by atoms with Gasteiger partial charge in [-0.3, -0.25) is 9.59 Å². The van der Waals surface area contributed by atoms with E-state index >= 15 is 0 Å². The highest BCUT2D eigenvalue weighted by molar-refractivity contribution is 6.01. The Morgan fingerprint density at radius 1 is 1.17 bits per heavy atom. The maximum atomic E-state index is 12.3. The van der Waals surface area contributed by atoms with E-state index in [0.717, 1.165) is 5.56 Å². The van der Waals surface area contributed by atoms with Crippen molar-refractivity contribution in [3.63, 3.8) is 0 Å². The van der Waals surface area contributed by atoms with Crippen molar-refractivity contribution in [2.24, 2.45) is 0 Å². The number of amides is 2. The Balaban J connectivity index is 2.22. The fraction of sp³-hybridized carbons (Fsp3) is 0.333. The van der Waals surface area contributed by atoms with Crippen molar-refractivity contribution >= 4 is 11.8 Å². The van der Waals surface area contributed by atoms with Gasteiger partial charge in [-0.05, 0) is 38.0 Å². The zero-order valence-electron chi connectivity index (χ0n) is 13.7. The molecule has 2 amide bonds.